The number of pyridine rings is 1. The molecule has 2 unspecified atom stereocenters. The number of rotatable bonds is 9. The highest BCUT2D eigenvalue weighted by molar-refractivity contribution is 7.86. The molecule has 0 radical (unpaired) electrons. The molecule has 204 valence electrons. The molecular formula is C30H32N2O6S. The van der Waals surface area contributed by atoms with Crippen molar-refractivity contribution < 1.29 is 26.8 Å². The number of hydrogen-bond acceptors (Lipinski definition) is 8. The van der Waals surface area contributed by atoms with E-state index in [-0.39, 0.29) is 10.6 Å². The molecule has 1 aliphatic rings. The summed E-state index contributed by atoms with van der Waals surface area (Å²) in [6.45, 7) is 4.26. The third kappa shape index (κ3) is 6.50. The summed E-state index contributed by atoms with van der Waals surface area (Å²) in [5, 5.41) is 0.853. The number of benzene rings is 3. The van der Waals surface area contributed by atoms with Gasteiger partial charge in [0.1, 0.15) is 16.4 Å². The van der Waals surface area contributed by atoms with Gasteiger partial charge >= 0.3 is 10.1 Å². The van der Waals surface area contributed by atoms with Crippen molar-refractivity contribution >= 4 is 26.7 Å². The molecule has 9 heteroatoms. The Morgan fingerprint density at radius 2 is 1.85 bits per heavy atom. The zero-order valence-corrected chi connectivity index (χ0v) is 22.8. The van der Waals surface area contributed by atoms with Gasteiger partial charge < -0.3 is 19.9 Å². The van der Waals surface area contributed by atoms with E-state index in [0.29, 0.717) is 30.9 Å². The molecule has 39 heavy (non-hydrogen) atoms. The van der Waals surface area contributed by atoms with Gasteiger partial charge in [0.15, 0.2) is 6.29 Å². The SMILES string of the molecule is CCC(Oc1ccc2nc(-c3ccc(N)cc3)ccc2c1)OS(=O)(=O)c1ccc(C)cc1OC1CCCCO1. The van der Waals surface area contributed by atoms with Gasteiger partial charge in [-0.05, 0) is 73.9 Å². The Morgan fingerprint density at radius 1 is 1.03 bits per heavy atom. The van der Waals surface area contributed by atoms with Crippen LogP contribution in [0.3, 0.4) is 0 Å². The summed E-state index contributed by atoms with van der Waals surface area (Å²) in [7, 11) is -4.20. The second kappa shape index (κ2) is 11.6. The van der Waals surface area contributed by atoms with E-state index in [4.69, 9.17) is 29.1 Å². The van der Waals surface area contributed by atoms with Crippen molar-refractivity contribution in [2.75, 3.05) is 12.3 Å². The Balaban J connectivity index is 1.33. The van der Waals surface area contributed by atoms with E-state index in [9.17, 15) is 8.42 Å². The van der Waals surface area contributed by atoms with Gasteiger partial charge in [0, 0.05) is 29.5 Å². The summed E-state index contributed by atoms with van der Waals surface area (Å²) >= 11 is 0. The molecule has 0 spiro atoms. The molecule has 1 saturated heterocycles. The van der Waals surface area contributed by atoms with E-state index in [2.05, 4.69) is 0 Å². The number of nitrogens with two attached hydrogens (primary N) is 1. The first kappa shape index (κ1) is 26.9. The van der Waals surface area contributed by atoms with Gasteiger partial charge in [-0.2, -0.15) is 8.42 Å². The summed E-state index contributed by atoms with van der Waals surface area (Å²) < 4.78 is 49.8. The topological polar surface area (TPSA) is 110 Å². The Morgan fingerprint density at radius 3 is 2.59 bits per heavy atom. The molecule has 8 nitrogen and oxygen atoms in total. The minimum atomic E-state index is -4.20. The van der Waals surface area contributed by atoms with Crippen molar-refractivity contribution in [1.82, 2.24) is 4.98 Å². The standard InChI is InChI=1S/C30H32N2O6S/c1-3-29(38-39(33,34)28-16-7-20(2)18-27(28)37-30-6-4-5-17-35-30)36-24-13-15-26-22(19-24)10-14-25(32-26)21-8-11-23(31)12-9-21/h7-16,18-19,29-30H,3-6,17,31H2,1-2H3. The summed E-state index contributed by atoms with van der Waals surface area (Å²) in [6.07, 6.45) is 1.41. The van der Waals surface area contributed by atoms with Crippen molar-refractivity contribution in [3.05, 3.63) is 78.4 Å². The van der Waals surface area contributed by atoms with Gasteiger partial charge in [0.05, 0.1) is 17.8 Å². The molecule has 3 aromatic carbocycles. The van der Waals surface area contributed by atoms with E-state index in [0.717, 1.165) is 40.6 Å². The zero-order chi connectivity index (χ0) is 27.4. The fourth-order valence-corrected chi connectivity index (χ4v) is 5.52. The first-order valence-electron chi connectivity index (χ1n) is 13.1. The van der Waals surface area contributed by atoms with Gasteiger partial charge in [-0.1, -0.05) is 31.2 Å². The molecule has 1 aromatic heterocycles. The highest BCUT2D eigenvalue weighted by Gasteiger charge is 2.28. The van der Waals surface area contributed by atoms with Gasteiger partial charge in [0.25, 0.3) is 0 Å². The Bertz CT molecular complexity index is 1550. The highest BCUT2D eigenvalue weighted by Crippen LogP contribution is 2.31. The van der Waals surface area contributed by atoms with Crippen molar-refractivity contribution in [3.8, 4) is 22.8 Å². The lowest BCUT2D eigenvalue weighted by molar-refractivity contribution is -0.107. The fraction of sp³-hybridized carbons (Fsp3) is 0.300. The van der Waals surface area contributed by atoms with E-state index in [1.54, 1.807) is 25.1 Å². The first-order chi connectivity index (χ1) is 18.8. The van der Waals surface area contributed by atoms with Gasteiger partial charge in [-0.3, -0.25) is 0 Å². The molecule has 2 atom stereocenters. The summed E-state index contributed by atoms with van der Waals surface area (Å²) in [6, 6.07) is 21.7. The largest absolute Gasteiger partial charge is 0.464 e. The van der Waals surface area contributed by atoms with Gasteiger partial charge in [-0.15, -0.1) is 0 Å². The van der Waals surface area contributed by atoms with Crippen LogP contribution in [0.25, 0.3) is 22.2 Å². The van der Waals surface area contributed by atoms with E-state index < -0.39 is 22.7 Å². The molecule has 5 rings (SSSR count). The van der Waals surface area contributed by atoms with Crippen LogP contribution in [-0.4, -0.2) is 32.6 Å². The lowest BCUT2D eigenvalue weighted by Crippen LogP contribution is -2.27. The van der Waals surface area contributed by atoms with Crippen LogP contribution < -0.4 is 15.2 Å². The van der Waals surface area contributed by atoms with Crippen molar-refractivity contribution in [3.63, 3.8) is 0 Å². The van der Waals surface area contributed by atoms with Crippen LogP contribution >= 0.6 is 0 Å². The molecule has 0 bridgehead atoms. The highest BCUT2D eigenvalue weighted by atomic mass is 32.2. The monoisotopic (exact) mass is 548 g/mol. The van der Waals surface area contributed by atoms with Crippen LogP contribution in [0.4, 0.5) is 5.69 Å². The number of anilines is 1. The number of fused-ring (bicyclic) bond motifs is 1. The van der Waals surface area contributed by atoms with Crippen molar-refractivity contribution in [2.45, 2.75) is 57.0 Å². The third-order valence-corrected chi connectivity index (χ3v) is 7.81. The van der Waals surface area contributed by atoms with Crippen LogP contribution in [0.5, 0.6) is 11.5 Å². The Hall–Kier alpha value is -3.66. The van der Waals surface area contributed by atoms with Crippen LogP contribution in [0.2, 0.25) is 0 Å². The number of hydrogen-bond donors (Lipinski definition) is 1. The second-order valence-corrected chi connectivity index (χ2v) is 11.1. The third-order valence-electron chi connectivity index (χ3n) is 6.47. The minimum Gasteiger partial charge on any atom is -0.464 e. The summed E-state index contributed by atoms with van der Waals surface area (Å²) in [5.74, 6) is 0.688. The average molecular weight is 549 g/mol. The lowest BCUT2D eigenvalue weighted by Gasteiger charge is -2.25. The molecule has 2 heterocycles. The Labute approximate surface area is 228 Å². The van der Waals surface area contributed by atoms with Crippen LogP contribution in [0, 0.1) is 6.92 Å². The second-order valence-electron chi connectivity index (χ2n) is 9.54. The smallest absolute Gasteiger partial charge is 0.303 e. The van der Waals surface area contributed by atoms with Gasteiger partial charge in [0.2, 0.25) is 6.29 Å². The number of nitrogen functional groups attached to an aromatic ring is 1. The van der Waals surface area contributed by atoms with E-state index >= 15 is 0 Å². The maximum absolute atomic E-state index is 13.3. The fourth-order valence-electron chi connectivity index (χ4n) is 4.37. The van der Waals surface area contributed by atoms with Crippen molar-refractivity contribution in [2.24, 2.45) is 0 Å². The number of aromatic nitrogens is 1. The predicted octanol–water partition coefficient (Wildman–Crippen LogP) is 6.22. The molecule has 1 fully saturated rings. The molecule has 2 N–H and O–H groups in total. The summed E-state index contributed by atoms with van der Waals surface area (Å²) in [5.41, 5.74) is 9.93. The first-order valence-corrected chi connectivity index (χ1v) is 14.5. The molecule has 0 amide bonds. The molecule has 1 aliphatic heterocycles. The zero-order valence-electron chi connectivity index (χ0n) is 22.0. The van der Waals surface area contributed by atoms with E-state index in [1.165, 1.54) is 6.07 Å². The maximum atomic E-state index is 13.3. The predicted molar refractivity (Wildman–Crippen MR) is 150 cm³/mol. The lowest BCUT2D eigenvalue weighted by atomic mass is 10.1. The molecular weight excluding hydrogens is 516 g/mol. The van der Waals surface area contributed by atoms with Crippen molar-refractivity contribution in [1.29, 1.82) is 0 Å². The molecule has 4 aromatic rings. The Kier molecular flexibility index (Phi) is 8.02. The number of aryl methyl sites for hydroxylation is 1. The minimum absolute atomic E-state index is 0.0535. The van der Waals surface area contributed by atoms with E-state index in [1.807, 2.05) is 55.5 Å². The number of nitrogens with zero attached hydrogens (tertiary/aromatic N) is 1. The van der Waals surface area contributed by atoms with Crippen LogP contribution in [0.15, 0.2) is 77.7 Å². The van der Waals surface area contributed by atoms with Crippen LogP contribution in [0.1, 0.15) is 38.2 Å². The average Bonchev–Trinajstić information content (AvgIpc) is 2.93. The normalized spacial score (nSPS) is 16.6. The maximum Gasteiger partial charge on any atom is 0.303 e. The van der Waals surface area contributed by atoms with Gasteiger partial charge in [-0.25, -0.2) is 9.17 Å². The van der Waals surface area contributed by atoms with Crippen LogP contribution in [-0.2, 0) is 19.0 Å². The number of ether oxygens (including phenoxy) is 3. The quantitative estimate of drug-likeness (QED) is 0.149. The molecule has 0 saturated carbocycles. The summed E-state index contributed by atoms with van der Waals surface area (Å²) in [4.78, 5) is 4.68. The molecule has 0 aliphatic carbocycles.